The van der Waals surface area contributed by atoms with Crippen molar-refractivity contribution in [3.8, 4) is 5.75 Å². The van der Waals surface area contributed by atoms with Crippen LogP contribution in [0.5, 0.6) is 5.75 Å². The summed E-state index contributed by atoms with van der Waals surface area (Å²) in [5, 5.41) is 0. The second kappa shape index (κ2) is 7.08. The van der Waals surface area contributed by atoms with Crippen LogP contribution in [0, 0.1) is 0 Å². The number of carbonyl (C=O) groups is 1. The van der Waals surface area contributed by atoms with Crippen LogP contribution in [0.3, 0.4) is 0 Å². The van der Waals surface area contributed by atoms with Gasteiger partial charge in [0, 0.05) is 6.08 Å². The molecule has 0 unspecified atom stereocenters. The van der Waals surface area contributed by atoms with Gasteiger partial charge in [-0.15, -0.1) is 0 Å². The van der Waals surface area contributed by atoms with Gasteiger partial charge in [0.15, 0.2) is 12.0 Å². The van der Waals surface area contributed by atoms with Crippen molar-refractivity contribution in [1.82, 2.24) is 0 Å². The van der Waals surface area contributed by atoms with Gasteiger partial charge >= 0.3 is 11.5 Å². The van der Waals surface area contributed by atoms with Crippen LogP contribution in [0.25, 0.3) is 6.08 Å². The zero-order valence-electron chi connectivity index (χ0n) is 9.94. The second-order valence-corrected chi connectivity index (χ2v) is 4.07. The van der Waals surface area contributed by atoms with Crippen LogP contribution in [0.15, 0.2) is 30.3 Å². The molecule has 1 rings (SSSR count). The summed E-state index contributed by atoms with van der Waals surface area (Å²) >= 11 is -0.588. The van der Waals surface area contributed by atoms with Crippen molar-refractivity contribution in [2.75, 3.05) is 6.61 Å². The molecule has 0 aliphatic heterocycles. The number of halogens is 3. The Morgan fingerprint density at radius 3 is 2.79 bits per heavy atom. The highest BCUT2D eigenvalue weighted by molar-refractivity contribution is 7.95. The average Bonchev–Trinajstić information content (AvgIpc) is 2.34. The van der Waals surface area contributed by atoms with Crippen molar-refractivity contribution in [3.05, 3.63) is 35.9 Å². The fourth-order valence-electron chi connectivity index (χ4n) is 1.12. The van der Waals surface area contributed by atoms with E-state index in [9.17, 15) is 18.0 Å². The maximum atomic E-state index is 11.9. The van der Waals surface area contributed by atoms with Gasteiger partial charge in [0.1, 0.15) is 5.75 Å². The fraction of sp³-hybridized carbons (Fsp3) is 0.250. The van der Waals surface area contributed by atoms with E-state index in [0.29, 0.717) is 5.56 Å². The molecule has 0 amide bonds. The monoisotopic (exact) mass is 292 g/mol. The van der Waals surface area contributed by atoms with Crippen molar-refractivity contribution >= 4 is 24.1 Å². The average molecular weight is 292 g/mol. The quantitative estimate of drug-likeness (QED) is 0.469. The summed E-state index contributed by atoms with van der Waals surface area (Å²) < 4.78 is 45.0. The molecule has 0 saturated carbocycles. The van der Waals surface area contributed by atoms with Crippen LogP contribution in [-0.2, 0) is 9.53 Å². The van der Waals surface area contributed by atoms with Gasteiger partial charge in [-0.05, 0) is 30.7 Å². The lowest BCUT2D eigenvalue weighted by Crippen LogP contribution is -2.02. The molecule has 0 N–H and O–H groups in total. The molecule has 0 bridgehead atoms. The van der Waals surface area contributed by atoms with Crippen molar-refractivity contribution < 1.29 is 26.9 Å². The zero-order chi connectivity index (χ0) is 14.3. The third kappa shape index (κ3) is 6.76. The van der Waals surface area contributed by atoms with E-state index in [4.69, 9.17) is 0 Å². The third-order valence-corrected chi connectivity index (χ3v) is 2.25. The van der Waals surface area contributed by atoms with Crippen LogP contribution in [0.2, 0.25) is 0 Å². The number of rotatable bonds is 5. The van der Waals surface area contributed by atoms with E-state index in [2.05, 4.69) is 8.92 Å². The molecule has 1 aromatic carbocycles. The van der Waals surface area contributed by atoms with Crippen LogP contribution >= 0.6 is 12.0 Å². The summed E-state index contributed by atoms with van der Waals surface area (Å²) in [5.74, 6) is -0.466. The van der Waals surface area contributed by atoms with E-state index in [1.165, 1.54) is 30.4 Å². The number of hydrogen-bond acceptors (Lipinski definition) is 4. The van der Waals surface area contributed by atoms with E-state index >= 15 is 0 Å². The molecule has 0 atom stereocenters. The minimum Gasteiger partial charge on any atom is -0.463 e. The van der Waals surface area contributed by atoms with Crippen LogP contribution in [0.4, 0.5) is 13.2 Å². The van der Waals surface area contributed by atoms with Crippen molar-refractivity contribution in [2.24, 2.45) is 0 Å². The maximum absolute atomic E-state index is 11.9. The van der Waals surface area contributed by atoms with Crippen LogP contribution < -0.4 is 4.18 Å². The Bertz CT molecular complexity index is 458. The molecule has 104 valence electrons. The number of ether oxygens (including phenoxy) is 1. The first-order valence-corrected chi connectivity index (χ1v) is 6.02. The number of hydrogen-bond donors (Lipinski definition) is 0. The number of esters is 1. The van der Waals surface area contributed by atoms with E-state index < -0.39 is 23.5 Å². The fourth-order valence-corrected chi connectivity index (χ4v) is 1.41. The third-order valence-electron chi connectivity index (χ3n) is 1.79. The summed E-state index contributed by atoms with van der Waals surface area (Å²) in [6.45, 7) is 1.93. The molecule has 0 spiro atoms. The van der Waals surface area contributed by atoms with E-state index in [0.717, 1.165) is 0 Å². The van der Waals surface area contributed by atoms with Gasteiger partial charge < -0.3 is 8.92 Å². The smallest absolute Gasteiger partial charge is 0.463 e. The summed E-state index contributed by atoms with van der Waals surface area (Å²) in [5.41, 5.74) is -3.93. The van der Waals surface area contributed by atoms with Gasteiger partial charge in [0.2, 0.25) is 0 Å². The zero-order valence-corrected chi connectivity index (χ0v) is 10.8. The lowest BCUT2D eigenvalue weighted by Gasteiger charge is -2.06. The van der Waals surface area contributed by atoms with Gasteiger partial charge in [0.05, 0.1) is 6.61 Å². The van der Waals surface area contributed by atoms with Gasteiger partial charge in [-0.25, -0.2) is 4.79 Å². The summed E-state index contributed by atoms with van der Waals surface area (Å²) in [4.78, 5) is 11.1. The number of alkyl halides is 3. The Hall–Kier alpha value is -1.63. The lowest BCUT2D eigenvalue weighted by molar-refractivity contribution is -0.137. The first kappa shape index (κ1) is 15.4. The Balaban J connectivity index is 2.64. The summed E-state index contributed by atoms with van der Waals surface area (Å²) in [7, 11) is 0. The van der Waals surface area contributed by atoms with Gasteiger partial charge in [-0.3, -0.25) is 0 Å². The maximum Gasteiger partial charge on any atom is 0.479 e. The second-order valence-electron chi connectivity index (χ2n) is 3.27. The Morgan fingerprint density at radius 1 is 1.42 bits per heavy atom. The Morgan fingerprint density at radius 2 is 2.16 bits per heavy atom. The van der Waals surface area contributed by atoms with E-state index in [-0.39, 0.29) is 12.4 Å². The molecular weight excluding hydrogens is 281 g/mol. The number of benzene rings is 1. The Kier molecular flexibility index (Phi) is 5.75. The SMILES string of the molecule is CCOC(=O)C=Cc1cccc(OSC(F)(F)F)c1. The van der Waals surface area contributed by atoms with Crippen molar-refractivity contribution in [3.63, 3.8) is 0 Å². The van der Waals surface area contributed by atoms with Gasteiger partial charge in [-0.1, -0.05) is 12.1 Å². The topological polar surface area (TPSA) is 35.5 Å². The van der Waals surface area contributed by atoms with Crippen molar-refractivity contribution in [2.45, 2.75) is 12.4 Å². The van der Waals surface area contributed by atoms with Crippen LogP contribution in [0.1, 0.15) is 12.5 Å². The molecule has 0 radical (unpaired) electrons. The standard InChI is InChI=1S/C12H11F3O3S/c1-2-17-11(16)7-6-9-4-3-5-10(8-9)18-19-12(13,14)15/h3-8H,2H2,1H3. The molecular formula is C12H11F3O3S. The largest absolute Gasteiger partial charge is 0.479 e. The highest BCUT2D eigenvalue weighted by atomic mass is 32.2. The Labute approximate surface area is 112 Å². The molecule has 0 saturated heterocycles. The molecule has 19 heavy (non-hydrogen) atoms. The van der Waals surface area contributed by atoms with E-state index in [1.54, 1.807) is 13.0 Å². The predicted octanol–water partition coefficient (Wildman–Crippen LogP) is 3.81. The first-order chi connectivity index (χ1) is 8.90. The molecule has 0 fully saturated rings. The highest BCUT2D eigenvalue weighted by Crippen LogP contribution is 2.32. The van der Waals surface area contributed by atoms with E-state index in [1.807, 2.05) is 0 Å². The molecule has 0 aliphatic rings. The molecule has 0 heterocycles. The summed E-state index contributed by atoms with van der Waals surface area (Å²) in [6.07, 6.45) is 2.63. The normalized spacial score (nSPS) is 11.6. The summed E-state index contributed by atoms with van der Waals surface area (Å²) in [6, 6.07) is 5.92. The molecule has 7 heteroatoms. The molecule has 0 aliphatic carbocycles. The molecule has 1 aromatic rings. The van der Waals surface area contributed by atoms with Gasteiger partial charge in [0.25, 0.3) is 0 Å². The van der Waals surface area contributed by atoms with Gasteiger partial charge in [-0.2, -0.15) is 13.2 Å². The highest BCUT2D eigenvalue weighted by Gasteiger charge is 2.31. The minimum atomic E-state index is -4.46. The predicted molar refractivity (Wildman–Crippen MR) is 66.4 cm³/mol. The lowest BCUT2D eigenvalue weighted by atomic mass is 10.2. The number of carbonyl (C=O) groups excluding carboxylic acids is 1. The minimum absolute atomic E-state index is 0.0494. The first-order valence-electron chi connectivity index (χ1n) is 5.28. The molecule has 0 aromatic heterocycles. The van der Waals surface area contributed by atoms with Crippen molar-refractivity contribution in [1.29, 1.82) is 0 Å². The molecule has 3 nitrogen and oxygen atoms in total. The van der Waals surface area contributed by atoms with Crippen LogP contribution in [-0.4, -0.2) is 18.1 Å².